The minimum absolute atomic E-state index is 0.0510. The number of ether oxygens (including phenoxy) is 1. The van der Waals surface area contributed by atoms with Crippen molar-refractivity contribution in [3.63, 3.8) is 0 Å². The van der Waals surface area contributed by atoms with E-state index >= 15 is 0 Å². The number of hydrogen-bond donors (Lipinski definition) is 1. The van der Waals surface area contributed by atoms with E-state index in [-0.39, 0.29) is 35.3 Å². The third-order valence-corrected chi connectivity index (χ3v) is 7.65. The van der Waals surface area contributed by atoms with Crippen LogP contribution in [0.25, 0.3) is 0 Å². The van der Waals surface area contributed by atoms with Gasteiger partial charge >= 0.3 is 0 Å². The van der Waals surface area contributed by atoms with Gasteiger partial charge in [-0.3, -0.25) is 29.0 Å². The first-order valence-electron chi connectivity index (χ1n) is 10.5. The Morgan fingerprint density at radius 1 is 0.903 bits per heavy atom. The van der Waals surface area contributed by atoms with Gasteiger partial charge in [-0.05, 0) is 36.5 Å². The van der Waals surface area contributed by atoms with E-state index in [1.165, 1.54) is 31.0 Å². The first-order chi connectivity index (χ1) is 14.8. The Balaban J connectivity index is 1.66. The molecule has 4 aliphatic rings. The summed E-state index contributed by atoms with van der Waals surface area (Å²) in [5.41, 5.74) is 1.62. The Morgan fingerprint density at radius 3 is 2.19 bits per heavy atom. The third kappa shape index (κ3) is 2.53. The summed E-state index contributed by atoms with van der Waals surface area (Å²) in [6.45, 7) is 0. The molecule has 0 spiro atoms. The molecule has 6 atom stereocenters. The lowest BCUT2D eigenvalue weighted by atomic mass is 9.57. The number of hydrogen-bond acceptors (Lipinski definition) is 6. The van der Waals surface area contributed by atoms with Gasteiger partial charge in [0.05, 0.1) is 30.8 Å². The van der Waals surface area contributed by atoms with Crippen LogP contribution in [0.2, 0.25) is 0 Å². The normalized spacial score (nSPS) is 34.5. The number of methoxy groups -OCH3 is 1. The Hall–Kier alpha value is -3.16. The predicted molar refractivity (Wildman–Crippen MR) is 108 cm³/mol. The highest BCUT2D eigenvalue weighted by atomic mass is 16.5. The van der Waals surface area contributed by atoms with Crippen molar-refractivity contribution < 1.29 is 29.0 Å². The number of carbonyl (C=O) groups excluding carboxylic acids is 4. The lowest BCUT2D eigenvalue weighted by molar-refractivity contribution is -0.140. The van der Waals surface area contributed by atoms with Gasteiger partial charge in [-0.2, -0.15) is 0 Å². The largest absolute Gasteiger partial charge is 0.504 e. The molecule has 0 bridgehead atoms. The minimum Gasteiger partial charge on any atom is -0.504 e. The Bertz CT molecular complexity index is 1060. The number of amides is 4. The van der Waals surface area contributed by atoms with Crippen LogP contribution in [0.15, 0.2) is 29.8 Å². The van der Waals surface area contributed by atoms with Gasteiger partial charge in [0.15, 0.2) is 11.5 Å². The van der Waals surface area contributed by atoms with E-state index in [1.807, 2.05) is 6.08 Å². The number of fused-ring (bicyclic) bond motifs is 4. The lowest BCUT2D eigenvalue weighted by Crippen LogP contribution is -2.42. The molecule has 1 aromatic carbocycles. The number of aromatic hydroxyl groups is 1. The second-order valence-corrected chi connectivity index (χ2v) is 8.93. The highest BCUT2D eigenvalue weighted by molar-refractivity contribution is 6.07. The highest BCUT2D eigenvalue weighted by Crippen LogP contribution is 2.57. The molecule has 2 saturated heterocycles. The highest BCUT2D eigenvalue weighted by Gasteiger charge is 2.60. The number of phenolic OH excluding ortho intramolecular Hbond substituents is 1. The zero-order valence-electron chi connectivity index (χ0n) is 17.6. The predicted octanol–water partition coefficient (Wildman–Crippen LogP) is 1.30. The van der Waals surface area contributed by atoms with Crippen LogP contribution < -0.4 is 4.74 Å². The summed E-state index contributed by atoms with van der Waals surface area (Å²) < 4.78 is 5.15. The molecule has 162 valence electrons. The van der Waals surface area contributed by atoms with Crippen LogP contribution in [0.3, 0.4) is 0 Å². The summed E-state index contributed by atoms with van der Waals surface area (Å²) in [5, 5.41) is 10.4. The molecule has 5 rings (SSSR count). The van der Waals surface area contributed by atoms with Crippen LogP contribution in [0.5, 0.6) is 11.5 Å². The van der Waals surface area contributed by atoms with E-state index in [0.717, 1.165) is 5.57 Å². The topological polar surface area (TPSA) is 104 Å². The van der Waals surface area contributed by atoms with Gasteiger partial charge < -0.3 is 9.84 Å². The quantitative estimate of drug-likeness (QED) is 0.567. The molecule has 31 heavy (non-hydrogen) atoms. The molecular weight excluding hydrogens is 400 g/mol. The SMILES string of the molecule is COc1ccc(C2C3=CCC4C(=O)N(C)C(=O)C4C3CC3C(=O)N(C)C(=O)C32)cc1O. The number of phenols is 1. The van der Waals surface area contributed by atoms with Crippen LogP contribution in [0.4, 0.5) is 0 Å². The van der Waals surface area contributed by atoms with Crippen LogP contribution in [-0.4, -0.2) is 59.7 Å². The molecule has 2 aliphatic carbocycles. The molecule has 8 nitrogen and oxygen atoms in total. The number of nitrogens with zero attached hydrogens (tertiary/aromatic N) is 2. The summed E-state index contributed by atoms with van der Waals surface area (Å²) in [6, 6.07) is 5.00. The van der Waals surface area contributed by atoms with Gasteiger partial charge in [0.1, 0.15) is 0 Å². The first kappa shape index (κ1) is 19.8. The maximum atomic E-state index is 13.1. The van der Waals surface area contributed by atoms with Crippen molar-refractivity contribution in [1.82, 2.24) is 9.80 Å². The van der Waals surface area contributed by atoms with Crippen molar-refractivity contribution >= 4 is 23.6 Å². The minimum atomic E-state index is -0.589. The van der Waals surface area contributed by atoms with Gasteiger partial charge in [-0.25, -0.2) is 0 Å². The van der Waals surface area contributed by atoms with E-state index in [9.17, 15) is 24.3 Å². The fraction of sp³-hybridized carbons (Fsp3) is 0.478. The zero-order chi connectivity index (χ0) is 22.2. The molecule has 1 N–H and O–H groups in total. The van der Waals surface area contributed by atoms with Gasteiger partial charge in [0.2, 0.25) is 23.6 Å². The van der Waals surface area contributed by atoms with E-state index in [1.54, 1.807) is 18.2 Å². The molecule has 2 aliphatic heterocycles. The fourth-order valence-electron chi connectivity index (χ4n) is 6.18. The number of imide groups is 2. The number of allylic oxidation sites excluding steroid dienone is 2. The van der Waals surface area contributed by atoms with Gasteiger partial charge in [0, 0.05) is 20.0 Å². The van der Waals surface area contributed by atoms with Crippen LogP contribution in [-0.2, 0) is 19.2 Å². The summed E-state index contributed by atoms with van der Waals surface area (Å²) in [6.07, 6.45) is 2.78. The van der Waals surface area contributed by atoms with Gasteiger partial charge in [-0.15, -0.1) is 0 Å². The molecule has 1 saturated carbocycles. The van der Waals surface area contributed by atoms with Gasteiger partial charge in [0.25, 0.3) is 0 Å². The molecule has 3 fully saturated rings. The summed E-state index contributed by atoms with van der Waals surface area (Å²) in [4.78, 5) is 53.9. The lowest BCUT2D eigenvalue weighted by Gasteiger charge is -2.44. The summed E-state index contributed by atoms with van der Waals surface area (Å²) in [7, 11) is 4.45. The van der Waals surface area contributed by atoms with E-state index in [0.29, 0.717) is 24.2 Å². The zero-order valence-corrected chi connectivity index (χ0v) is 17.6. The van der Waals surface area contributed by atoms with Crippen molar-refractivity contribution in [3.05, 3.63) is 35.4 Å². The maximum Gasteiger partial charge on any atom is 0.233 e. The number of rotatable bonds is 2. The number of carbonyl (C=O) groups is 4. The standard InChI is InChI=1S/C23H24N2O6/c1-24-20(27)12-6-5-11-13(18(12)22(24)29)9-14-19(23(30)25(2)21(14)28)17(11)10-4-7-16(31-3)15(26)8-10/h4-5,7-8,12-14,17-19,26H,6,9H2,1-3H3. The van der Waals surface area contributed by atoms with E-state index < -0.39 is 29.6 Å². The van der Waals surface area contributed by atoms with Gasteiger partial charge in [-0.1, -0.05) is 17.7 Å². The second-order valence-electron chi connectivity index (χ2n) is 8.93. The average molecular weight is 424 g/mol. The molecule has 8 heteroatoms. The number of likely N-dealkylation sites (tertiary alicyclic amines) is 2. The molecule has 0 aromatic heterocycles. The van der Waals surface area contributed by atoms with Crippen molar-refractivity contribution in [2.45, 2.75) is 18.8 Å². The first-order valence-corrected chi connectivity index (χ1v) is 10.5. The average Bonchev–Trinajstić information content (AvgIpc) is 3.12. The Kier molecular flexibility index (Phi) is 4.26. The molecular formula is C23H24N2O6. The van der Waals surface area contributed by atoms with E-state index in [4.69, 9.17) is 4.74 Å². The Morgan fingerprint density at radius 2 is 1.55 bits per heavy atom. The molecule has 2 heterocycles. The Labute approximate surface area is 179 Å². The fourth-order valence-corrected chi connectivity index (χ4v) is 6.18. The van der Waals surface area contributed by atoms with Crippen LogP contribution in [0, 0.1) is 29.6 Å². The summed E-state index contributed by atoms with van der Waals surface area (Å²) >= 11 is 0. The van der Waals surface area contributed by atoms with Crippen LogP contribution >= 0.6 is 0 Å². The molecule has 6 unspecified atom stereocenters. The second kappa shape index (κ2) is 6.67. The molecule has 0 radical (unpaired) electrons. The molecule has 4 amide bonds. The maximum absolute atomic E-state index is 13.1. The third-order valence-electron chi connectivity index (χ3n) is 7.65. The molecule has 1 aromatic rings. The van der Waals surface area contributed by atoms with E-state index in [2.05, 4.69) is 0 Å². The van der Waals surface area contributed by atoms with Crippen molar-refractivity contribution in [2.24, 2.45) is 29.6 Å². The smallest absolute Gasteiger partial charge is 0.233 e. The van der Waals surface area contributed by atoms with Crippen molar-refractivity contribution in [1.29, 1.82) is 0 Å². The number of benzene rings is 1. The van der Waals surface area contributed by atoms with Crippen molar-refractivity contribution in [3.8, 4) is 11.5 Å². The summed E-state index contributed by atoms with van der Waals surface area (Å²) in [5.74, 6) is -3.45. The monoisotopic (exact) mass is 424 g/mol. The van der Waals surface area contributed by atoms with Crippen molar-refractivity contribution in [2.75, 3.05) is 21.2 Å². The van der Waals surface area contributed by atoms with Crippen LogP contribution in [0.1, 0.15) is 24.3 Å².